The van der Waals surface area contributed by atoms with E-state index in [2.05, 4.69) is 14.8 Å². The summed E-state index contributed by atoms with van der Waals surface area (Å²) in [4.78, 5) is 23.3. The van der Waals surface area contributed by atoms with E-state index >= 15 is 0 Å². The zero-order valence-electron chi connectivity index (χ0n) is 16.3. The average Bonchev–Trinajstić information content (AvgIpc) is 3.19. The largest absolute Gasteiger partial charge is 0.493 e. The van der Waals surface area contributed by atoms with Crippen molar-refractivity contribution in [1.29, 1.82) is 0 Å². The fourth-order valence-electron chi connectivity index (χ4n) is 3.21. The standard InChI is InChI=1S/C23H21N5O2/c1-25-10-3-11-30-20-5-2-4-17(12-20)21-13-18-15-28(23(29)27-22(18)26-21)19-8-6-16(14-24)7-9-19/h2,4-9,12-13,15H,3,10-11,14,24H2,(H,26,27,29). The normalized spacial score (nSPS) is 10.8. The van der Waals surface area contributed by atoms with E-state index in [0.29, 0.717) is 31.8 Å². The molecule has 0 spiro atoms. The third kappa shape index (κ3) is 4.09. The molecular weight excluding hydrogens is 378 g/mol. The average molecular weight is 399 g/mol. The quantitative estimate of drug-likeness (QED) is 0.367. The van der Waals surface area contributed by atoms with E-state index in [-0.39, 0.29) is 5.69 Å². The van der Waals surface area contributed by atoms with Crippen molar-refractivity contribution in [3.05, 3.63) is 88.3 Å². The molecule has 0 unspecified atom stereocenters. The number of aromatic amines is 1. The summed E-state index contributed by atoms with van der Waals surface area (Å²) >= 11 is 0. The van der Waals surface area contributed by atoms with Crippen molar-refractivity contribution in [3.8, 4) is 22.7 Å². The Morgan fingerprint density at radius 2 is 2.00 bits per heavy atom. The van der Waals surface area contributed by atoms with Gasteiger partial charge in [-0.05, 0) is 35.9 Å². The molecule has 4 aromatic rings. The Kier molecular flexibility index (Phi) is 5.59. The van der Waals surface area contributed by atoms with E-state index in [1.807, 2.05) is 54.6 Å². The van der Waals surface area contributed by atoms with E-state index in [9.17, 15) is 4.79 Å². The monoisotopic (exact) mass is 399 g/mol. The lowest BCUT2D eigenvalue weighted by Crippen LogP contribution is -2.20. The second-order valence-corrected chi connectivity index (χ2v) is 6.86. The van der Waals surface area contributed by atoms with Crippen LogP contribution in [0.5, 0.6) is 5.75 Å². The van der Waals surface area contributed by atoms with Gasteiger partial charge in [-0.15, -0.1) is 0 Å². The molecule has 0 saturated heterocycles. The molecule has 0 atom stereocenters. The highest BCUT2D eigenvalue weighted by molar-refractivity contribution is 5.82. The summed E-state index contributed by atoms with van der Waals surface area (Å²) in [7, 11) is 0. The molecule has 4 rings (SSSR count). The van der Waals surface area contributed by atoms with Gasteiger partial charge in [0.2, 0.25) is 6.54 Å². The van der Waals surface area contributed by atoms with Gasteiger partial charge in [0, 0.05) is 29.4 Å². The summed E-state index contributed by atoms with van der Waals surface area (Å²) in [6, 6.07) is 17.2. The minimum atomic E-state index is -0.353. The van der Waals surface area contributed by atoms with E-state index in [0.717, 1.165) is 33.6 Å². The van der Waals surface area contributed by atoms with Crippen LogP contribution in [-0.4, -0.2) is 27.7 Å². The maximum absolute atomic E-state index is 12.5. The molecule has 2 aromatic carbocycles. The highest BCUT2D eigenvalue weighted by Gasteiger charge is 2.10. The summed E-state index contributed by atoms with van der Waals surface area (Å²) < 4.78 is 7.25. The summed E-state index contributed by atoms with van der Waals surface area (Å²) in [6.07, 6.45) is 2.48. The molecule has 2 heterocycles. The van der Waals surface area contributed by atoms with Crippen LogP contribution >= 0.6 is 0 Å². The molecule has 0 saturated carbocycles. The molecule has 30 heavy (non-hydrogen) atoms. The van der Waals surface area contributed by atoms with Gasteiger partial charge in [-0.1, -0.05) is 24.3 Å². The number of aromatic nitrogens is 3. The van der Waals surface area contributed by atoms with Crippen LogP contribution in [0.4, 0.5) is 0 Å². The lowest BCUT2D eigenvalue weighted by atomic mass is 10.1. The number of ether oxygens (including phenoxy) is 1. The summed E-state index contributed by atoms with van der Waals surface area (Å²) in [6.45, 7) is 8.23. The lowest BCUT2D eigenvalue weighted by molar-refractivity contribution is 0.316. The first-order valence-corrected chi connectivity index (χ1v) is 9.66. The highest BCUT2D eigenvalue weighted by Crippen LogP contribution is 2.26. The number of nitrogens with two attached hydrogens (primary N) is 1. The Morgan fingerprint density at radius 1 is 1.17 bits per heavy atom. The van der Waals surface area contributed by atoms with Crippen LogP contribution in [-0.2, 0) is 6.54 Å². The van der Waals surface area contributed by atoms with E-state index in [4.69, 9.17) is 17.0 Å². The third-order valence-electron chi connectivity index (χ3n) is 4.79. The molecule has 150 valence electrons. The molecule has 2 aromatic heterocycles. The first-order chi connectivity index (χ1) is 14.7. The number of fused-ring (bicyclic) bond motifs is 1. The second-order valence-electron chi connectivity index (χ2n) is 6.86. The highest BCUT2D eigenvalue weighted by atomic mass is 16.5. The van der Waals surface area contributed by atoms with Gasteiger partial charge in [-0.3, -0.25) is 4.57 Å². The smallest absolute Gasteiger partial charge is 0.354 e. The molecular formula is C23H21N5O2. The van der Waals surface area contributed by atoms with Crippen molar-refractivity contribution in [2.24, 2.45) is 5.73 Å². The number of hydrogen-bond acceptors (Lipinski definition) is 4. The molecule has 0 bridgehead atoms. The van der Waals surface area contributed by atoms with Gasteiger partial charge in [0.1, 0.15) is 11.4 Å². The maximum Gasteiger partial charge on any atom is 0.354 e. The van der Waals surface area contributed by atoms with Gasteiger partial charge in [0.15, 0.2) is 0 Å². The van der Waals surface area contributed by atoms with E-state index in [1.54, 1.807) is 6.20 Å². The third-order valence-corrected chi connectivity index (χ3v) is 4.79. The molecule has 0 aliphatic carbocycles. The molecule has 0 aliphatic rings. The number of nitrogens with zero attached hydrogens (tertiary/aromatic N) is 3. The minimum Gasteiger partial charge on any atom is -0.493 e. The number of H-pyrrole nitrogens is 1. The van der Waals surface area contributed by atoms with Crippen LogP contribution in [0.25, 0.3) is 32.8 Å². The molecule has 7 nitrogen and oxygen atoms in total. The second kappa shape index (κ2) is 8.64. The lowest BCUT2D eigenvalue weighted by Gasteiger charge is -2.05. The first kappa shape index (κ1) is 19.4. The van der Waals surface area contributed by atoms with Gasteiger partial charge in [0.05, 0.1) is 18.7 Å². The van der Waals surface area contributed by atoms with Gasteiger partial charge in [0.25, 0.3) is 0 Å². The number of nitrogens with one attached hydrogen (secondary N) is 1. The Labute approximate surface area is 173 Å². The zero-order chi connectivity index (χ0) is 20.9. The molecule has 0 fully saturated rings. The summed E-state index contributed by atoms with van der Waals surface area (Å²) in [5.41, 5.74) is 9.35. The predicted molar refractivity (Wildman–Crippen MR) is 117 cm³/mol. The minimum absolute atomic E-state index is 0.353. The fraction of sp³-hybridized carbons (Fsp3) is 0.174. The topological polar surface area (TPSA) is 90.3 Å². The number of benzene rings is 2. The first-order valence-electron chi connectivity index (χ1n) is 9.66. The van der Waals surface area contributed by atoms with Crippen LogP contribution < -0.4 is 16.2 Å². The van der Waals surface area contributed by atoms with Crippen molar-refractivity contribution < 1.29 is 4.74 Å². The maximum atomic E-state index is 12.5. The SMILES string of the molecule is [C-]#[N+]CCCOc1cccc(-c2cc3cn(-c4ccc(CN)cc4)c(=O)nc3[nH]2)c1. The molecule has 7 heteroatoms. The van der Waals surface area contributed by atoms with Crippen LogP contribution in [0.3, 0.4) is 0 Å². The fourth-order valence-corrected chi connectivity index (χ4v) is 3.21. The summed E-state index contributed by atoms with van der Waals surface area (Å²) in [5, 5.41) is 0.830. The van der Waals surface area contributed by atoms with Crippen LogP contribution in [0.15, 0.2) is 65.6 Å². The van der Waals surface area contributed by atoms with Gasteiger partial charge < -0.3 is 20.3 Å². The molecule has 0 amide bonds. The van der Waals surface area contributed by atoms with E-state index < -0.39 is 0 Å². The Balaban J connectivity index is 1.64. The van der Waals surface area contributed by atoms with E-state index in [1.165, 1.54) is 4.57 Å². The van der Waals surface area contributed by atoms with Gasteiger partial charge >= 0.3 is 5.69 Å². The molecule has 0 radical (unpaired) electrons. The van der Waals surface area contributed by atoms with Crippen LogP contribution in [0, 0.1) is 6.57 Å². The predicted octanol–water partition coefficient (Wildman–Crippen LogP) is 3.53. The number of hydrogen-bond donors (Lipinski definition) is 2. The van der Waals surface area contributed by atoms with Crippen molar-refractivity contribution in [2.45, 2.75) is 13.0 Å². The van der Waals surface area contributed by atoms with Crippen molar-refractivity contribution in [1.82, 2.24) is 14.5 Å². The summed E-state index contributed by atoms with van der Waals surface area (Å²) in [5.74, 6) is 0.740. The Hall–Kier alpha value is -3.89. The number of rotatable bonds is 7. The Bertz CT molecular complexity index is 1270. The van der Waals surface area contributed by atoms with Gasteiger partial charge in [-0.2, -0.15) is 4.98 Å². The van der Waals surface area contributed by atoms with Crippen LogP contribution in [0.2, 0.25) is 0 Å². The molecule has 3 N–H and O–H groups in total. The molecule has 0 aliphatic heterocycles. The van der Waals surface area contributed by atoms with Crippen molar-refractivity contribution in [2.75, 3.05) is 13.2 Å². The van der Waals surface area contributed by atoms with Crippen molar-refractivity contribution in [3.63, 3.8) is 0 Å². The Morgan fingerprint density at radius 3 is 2.77 bits per heavy atom. The van der Waals surface area contributed by atoms with Gasteiger partial charge in [-0.25, -0.2) is 11.4 Å². The van der Waals surface area contributed by atoms with Crippen molar-refractivity contribution >= 4 is 11.0 Å². The zero-order valence-corrected chi connectivity index (χ0v) is 16.3. The van der Waals surface area contributed by atoms with Crippen LogP contribution in [0.1, 0.15) is 12.0 Å².